The lowest BCUT2D eigenvalue weighted by atomic mass is 10.2. The highest BCUT2D eigenvalue weighted by molar-refractivity contribution is 14.0. The Hall–Kier alpha value is -0.960. The first-order chi connectivity index (χ1) is 12.5. The van der Waals surface area contributed by atoms with E-state index in [1.165, 1.54) is 11.3 Å². The maximum absolute atomic E-state index is 11.9. The third kappa shape index (κ3) is 8.29. The average molecular weight is 504 g/mol. The largest absolute Gasteiger partial charge is 0.354 e. The van der Waals surface area contributed by atoms with Crippen LogP contribution in [-0.2, 0) is 4.79 Å². The van der Waals surface area contributed by atoms with Crippen molar-refractivity contribution in [3.05, 3.63) is 30.3 Å². The van der Waals surface area contributed by atoms with Crippen molar-refractivity contribution in [2.45, 2.75) is 37.6 Å². The van der Waals surface area contributed by atoms with E-state index in [9.17, 15) is 4.79 Å². The third-order valence-corrected chi connectivity index (χ3v) is 5.91. The molecule has 2 atom stereocenters. The monoisotopic (exact) mass is 504 g/mol. The van der Waals surface area contributed by atoms with E-state index in [0.29, 0.717) is 12.0 Å². The van der Waals surface area contributed by atoms with Crippen molar-refractivity contribution in [2.75, 3.05) is 39.5 Å². The molecule has 2 rings (SSSR count). The normalized spacial score (nSPS) is 18.0. The minimum atomic E-state index is 0. The maximum Gasteiger partial charge on any atom is 0.243 e. The van der Waals surface area contributed by atoms with Crippen molar-refractivity contribution < 1.29 is 4.79 Å². The number of carbonyl (C=O) groups is 1. The van der Waals surface area contributed by atoms with Gasteiger partial charge in [-0.2, -0.15) is 0 Å². The first-order valence-corrected chi connectivity index (χ1v) is 10.4. The minimum Gasteiger partial charge on any atom is -0.354 e. The second kappa shape index (κ2) is 12.5. The van der Waals surface area contributed by atoms with Gasteiger partial charge in [0.1, 0.15) is 6.54 Å². The Labute approximate surface area is 185 Å². The lowest BCUT2D eigenvalue weighted by Crippen LogP contribution is -2.44. The van der Waals surface area contributed by atoms with Crippen LogP contribution >= 0.6 is 35.7 Å². The van der Waals surface area contributed by atoms with Gasteiger partial charge in [0, 0.05) is 43.9 Å². The summed E-state index contributed by atoms with van der Waals surface area (Å²) in [6.07, 6.45) is 2.20. The van der Waals surface area contributed by atoms with Gasteiger partial charge in [-0.15, -0.1) is 35.7 Å². The molecule has 1 heterocycles. The van der Waals surface area contributed by atoms with E-state index < -0.39 is 0 Å². The summed E-state index contributed by atoms with van der Waals surface area (Å²) in [5.74, 6) is 2.67. The molecule has 1 saturated heterocycles. The summed E-state index contributed by atoms with van der Waals surface area (Å²) in [6, 6.07) is 10.9. The fraction of sp³-hybridized carbons (Fsp3) is 0.600. The van der Waals surface area contributed by atoms with Crippen molar-refractivity contribution in [3.63, 3.8) is 0 Å². The minimum absolute atomic E-state index is 0. The van der Waals surface area contributed by atoms with Crippen LogP contribution in [0.15, 0.2) is 40.2 Å². The summed E-state index contributed by atoms with van der Waals surface area (Å²) in [4.78, 5) is 21.7. The number of hydrogen-bond acceptors (Lipinski definition) is 3. The number of likely N-dealkylation sites (tertiary alicyclic amines) is 1. The van der Waals surface area contributed by atoms with Gasteiger partial charge < -0.3 is 15.1 Å². The predicted molar refractivity (Wildman–Crippen MR) is 126 cm³/mol. The second-order valence-electron chi connectivity index (χ2n) is 7.11. The van der Waals surface area contributed by atoms with Crippen LogP contribution in [0.25, 0.3) is 0 Å². The Bertz CT molecular complexity index is 597. The van der Waals surface area contributed by atoms with Gasteiger partial charge in [0.15, 0.2) is 5.96 Å². The van der Waals surface area contributed by atoms with Gasteiger partial charge in [-0.1, -0.05) is 25.1 Å². The molecule has 1 aromatic rings. The molecule has 0 saturated carbocycles. The molecule has 1 aliphatic rings. The van der Waals surface area contributed by atoms with Gasteiger partial charge in [0.2, 0.25) is 5.91 Å². The summed E-state index contributed by atoms with van der Waals surface area (Å²) < 4.78 is 0. The molecule has 0 aromatic heterocycles. The van der Waals surface area contributed by atoms with Crippen LogP contribution < -0.4 is 5.32 Å². The first kappa shape index (κ1) is 24.1. The average Bonchev–Trinajstić information content (AvgIpc) is 3.12. The van der Waals surface area contributed by atoms with Crippen LogP contribution in [-0.4, -0.2) is 67.2 Å². The number of carbonyl (C=O) groups excluding carboxylic acids is 1. The molecule has 27 heavy (non-hydrogen) atoms. The molecule has 1 N–H and O–H groups in total. The summed E-state index contributed by atoms with van der Waals surface area (Å²) >= 11 is 1.92. The Kier molecular flexibility index (Phi) is 11.1. The van der Waals surface area contributed by atoms with Crippen LogP contribution in [0.2, 0.25) is 0 Å². The Balaban J connectivity index is 0.00000364. The number of thioether (sulfide) groups is 1. The molecule has 0 bridgehead atoms. The quantitative estimate of drug-likeness (QED) is 0.267. The summed E-state index contributed by atoms with van der Waals surface area (Å²) in [5, 5.41) is 3.50. The molecule has 1 amide bonds. The molecule has 152 valence electrons. The van der Waals surface area contributed by atoms with Gasteiger partial charge in [0.05, 0.1) is 0 Å². The molecule has 0 aliphatic carbocycles. The van der Waals surface area contributed by atoms with Gasteiger partial charge in [0.25, 0.3) is 0 Å². The van der Waals surface area contributed by atoms with E-state index in [0.717, 1.165) is 31.2 Å². The zero-order valence-electron chi connectivity index (χ0n) is 16.9. The van der Waals surface area contributed by atoms with Gasteiger partial charge >= 0.3 is 0 Å². The molecule has 7 heteroatoms. The molecular weight excluding hydrogens is 471 g/mol. The number of amides is 1. The number of likely N-dealkylation sites (N-methyl/N-ethyl adjacent to an activating group) is 1. The highest BCUT2D eigenvalue weighted by Crippen LogP contribution is 2.25. The summed E-state index contributed by atoms with van der Waals surface area (Å²) in [6.45, 7) is 6.51. The Morgan fingerprint density at radius 3 is 2.70 bits per heavy atom. The van der Waals surface area contributed by atoms with Crippen molar-refractivity contribution in [1.82, 2.24) is 15.1 Å². The topological polar surface area (TPSA) is 47.9 Å². The molecule has 2 unspecified atom stereocenters. The molecule has 1 aromatic carbocycles. The second-order valence-corrected chi connectivity index (χ2v) is 8.20. The fourth-order valence-corrected chi connectivity index (χ4v) is 3.78. The molecule has 0 radical (unpaired) electrons. The number of guanidine groups is 1. The van der Waals surface area contributed by atoms with Crippen molar-refractivity contribution in [3.8, 4) is 0 Å². The van der Waals surface area contributed by atoms with E-state index >= 15 is 0 Å². The number of benzene rings is 1. The number of halogens is 1. The first-order valence-electron chi connectivity index (χ1n) is 9.43. The van der Waals surface area contributed by atoms with Crippen LogP contribution in [0.1, 0.15) is 26.7 Å². The van der Waals surface area contributed by atoms with Crippen LogP contribution in [0.3, 0.4) is 0 Å². The van der Waals surface area contributed by atoms with E-state index in [-0.39, 0.29) is 36.4 Å². The lowest BCUT2D eigenvalue weighted by molar-refractivity contribution is -0.127. The van der Waals surface area contributed by atoms with Gasteiger partial charge in [-0.25, -0.2) is 4.99 Å². The highest BCUT2D eigenvalue weighted by Gasteiger charge is 2.26. The standard InChI is InChI=1S/C20H32N4OS.HI/c1-5-16(2)22-20(21-13-19(25)23(3)4)24-12-11-17(14-24)15-26-18-9-7-6-8-10-18;/h6-10,16-17H,5,11-15H2,1-4H3,(H,21,22);1H. The van der Waals surface area contributed by atoms with E-state index in [1.54, 1.807) is 19.0 Å². The smallest absolute Gasteiger partial charge is 0.243 e. The maximum atomic E-state index is 11.9. The van der Waals surface area contributed by atoms with Crippen molar-refractivity contribution in [2.24, 2.45) is 10.9 Å². The molecule has 5 nitrogen and oxygen atoms in total. The SMILES string of the molecule is CCC(C)NC(=NCC(=O)N(C)C)N1CCC(CSc2ccccc2)C1.I. The van der Waals surface area contributed by atoms with Crippen LogP contribution in [0, 0.1) is 5.92 Å². The Morgan fingerprint density at radius 2 is 2.07 bits per heavy atom. The van der Waals surface area contributed by atoms with Crippen LogP contribution in [0.4, 0.5) is 0 Å². The molecular formula is C20H33IN4OS. The lowest BCUT2D eigenvalue weighted by Gasteiger charge is -2.25. The van der Waals surface area contributed by atoms with Gasteiger partial charge in [-0.05, 0) is 37.8 Å². The number of rotatable bonds is 7. The van der Waals surface area contributed by atoms with E-state index in [1.807, 2.05) is 11.8 Å². The fourth-order valence-electron chi connectivity index (χ4n) is 2.74. The zero-order chi connectivity index (χ0) is 18.9. The Morgan fingerprint density at radius 1 is 1.37 bits per heavy atom. The number of hydrogen-bond donors (Lipinski definition) is 1. The number of nitrogens with one attached hydrogen (secondary N) is 1. The van der Waals surface area contributed by atoms with Crippen molar-refractivity contribution in [1.29, 1.82) is 0 Å². The molecule has 1 fully saturated rings. The number of nitrogens with zero attached hydrogens (tertiary/aromatic N) is 3. The summed E-state index contributed by atoms with van der Waals surface area (Å²) in [7, 11) is 3.54. The third-order valence-electron chi connectivity index (χ3n) is 4.67. The highest BCUT2D eigenvalue weighted by atomic mass is 127. The zero-order valence-corrected chi connectivity index (χ0v) is 20.0. The number of aliphatic imine (C=N–C) groups is 1. The summed E-state index contributed by atoms with van der Waals surface area (Å²) in [5.41, 5.74) is 0. The molecule has 0 spiro atoms. The predicted octanol–water partition coefficient (Wildman–Crippen LogP) is 3.55. The molecule has 1 aliphatic heterocycles. The van der Waals surface area contributed by atoms with Gasteiger partial charge in [-0.3, -0.25) is 4.79 Å². The van der Waals surface area contributed by atoms with E-state index in [2.05, 4.69) is 59.4 Å². The van der Waals surface area contributed by atoms with Crippen LogP contribution in [0.5, 0.6) is 0 Å². The van der Waals surface area contributed by atoms with Crippen molar-refractivity contribution >= 4 is 47.6 Å². The van der Waals surface area contributed by atoms with E-state index in [4.69, 9.17) is 0 Å².